The van der Waals surface area contributed by atoms with E-state index in [0.717, 1.165) is 31.2 Å². The SMILES string of the molecule is N#Cc1cccnc1.NC[C@H]1CC[C@H](C(=O)Oc2ccc(CCC(=O)O)cc2)CC1. The van der Waals surface area contributed by atoms with Gasteiger partial charge in [-0.15, -0.1) is 0 Å². The van der Waals surface area contributed by atoms with Gasteiger partial charge in [0.1, 0.15) is 11.8 Å². The maximum Gasteiger partial charge on any atom is 0.314 e. The highest BCUT2D eigenvalue weighted by Gasteiger charge is 2.27. The number of ether oxygens (including phenoxy) is 1. The third-order valence-electron chi connectivity index (χ3n) is 5.07. The van der Waals surface area contributed by atoms with E-state index in [1.54, 1.807) is 42.6 Å². The summed E-state index contributed by atoms with van der Waals surface area (Å²) in [7, 11) is 0. The third-order valence-corrected chi connectivity index (χ3v) is 5.07. The molecular weight excluding hydrogens is 382 g/mol. The van der Waals surface area contributed by atoms with Crippen LogP contribution in [0.2, 0.25) is 0 Å². The van der Waals surface area contributed by atoms with E-state index in [2.05, 4.69) is 4.98 Å². The largest absolute Gasteiger partial charge is 0.481 e. The summed E-state index contributed by atoms with van der Waals surface area (Å²) >= 11 is 0. The number of aromatic nitrogens is 1. The topological polar surface area (TPSA) is 126 Å². The van der Waals surface area contributed by atoms with Crippen molar-refractivity contribution in [2.24, 2.45) is 17.6 Å². The number of hydrogen-bond acceptors (Lipinski definition) is 6. The van der Waals surface area contributed by atoms with Gasteiger partial charge in [-0.05, 0) is 74.4 Å². The minimum Gasteiger partial charge on any atom is -0.481 e. The molecule has 0 amide bonds. The average Bonchev–Trinajstić information content (AvgIpc) is 2.79. The molecule has 0 aliphatic heterocycles. The van der Waals surface area contributed by atoms with Crippen LogP contribution < -0.4 is 10.5 Å². The molecule has 7 heteroatoms. The predicted molar refractivity (Wildman–Crippen MR) is 111 cm³/mol. The molecule has 7 nitrogen and oxygen atoms in total. The molecule has 1 saturated carbocycles. The Bertz CT molecular complexity index is 839. The summed E-state index contributed by atoms with van der Waals surface area (Å²) in [6.45, 7) is 0.694. The van der Waals surface area contributed by atoms with Crippen molar-refractivity contribution in [3.05, 3.63) is 59.9 Å². The van der Waals surface area contributed by atoms with E-state index in [1.807, 2.05) is 6.07 Å². The number of carbonyl (C=O) groups is 2. The van der Waals surface area contributed by atoms with Gasteiger partial charge in [0.2, 0.25) is 0 Å². The Morgan fingerprint density at radius 3 is 2.37 bits per heavy atom. The maximum absolute atomic E-state index is 12.1. The molecule has 0 bridgehead atoms. The molecular formula is C23H27N3O4. The van der Waals surface area contributed by atoms with Gasteiger partial charge in [0.15, 0.2) is 0 Å². The zero-order valence-electron chi connectivity index (χ0n) is 16.9. The quantitative estimate of drug-likeness (QED) is 0.553. The Morgan fingerprint density at radius 2 is 1.87 bits per heavy atom. The first-order valence-corrected chi connectivity index (χ1v) is 10.0. The molecule has 3 rings (SSSR count). The van der Waals surface area contributed by atoms with Crippen molar-refractivity contribution in [2.45, 2.75) is 38.5 Å². The van der Waals surface area contributed by atoms with Gasteiger partial charge in [-0.3, -0.25) is 14.6 Å². The molecule has 30 heavy (non-hydrogen) atoms. The van der Waals surface area contributed by atoms with Crippen LogP contribution in [0.4, 0.5) is 0 Å². The van der Waals surface area contributed by atoms with Gasteiger partial charge in [0.25, 0.3) is 0 Å². The summed E-state index contributed by atoms with van der Waals surface area (Å²) < 4.78 is 5.42. The van der Waals surface area contributed by atoms with E-state index in [9.17, 15) is 9.59 Å². The Labute approximate surface area is 176 Å². The lowest BCUT2D eigenvalue weighted by Crippen LogP contribution is -2.28. The number of nitrogens with two attached hydrogens (primary N) is 1. The number of benzene rings is 1. The molecule has 0 saturated heterocycles. The Balaban J connectivity index is 0.000000335. The van der Waals surface area contributed by atoms with Crippen LogP contribution >= 0.6 is 0 Å². The van der Waals surface area contributed by atoms with Crippen molar-refractivity contribution in [1.29, 1.82) is 5.26 Å². The standard InChI is InChI=1S/C17H23NO4.C6H4N2/c18-11-13-1-6-14(7-2-13)17(21)22-15-8-3-12(4-9-15)5-10-16(19)20;7-4-6-2-1-3-8-5-6/h3-4,8-9,13-14H,1-2,5-7,10-11,18H2,(H,19,20);1-3,5H/t13-,14-;. The molecule has 2 aromatic rings. The summed E-state index contributed by atoms with van der Waals surface area (Å²) in [5.74, 6) is 0.0365. The van der Waals surface area contributed by atoms with E-state index in [-0.39, 0.29) is 18.3 Å². The van der Waals surface area contributed by atoms with Crippen LogP contribution in [0.15, 0.2) is 48.8 Å². The van der Waals surface area contributed by atoms with E-state index < -0.39 is 5.97 Å². The summed E-state index contributed by atoms with van der Waals surface area (Å²) in [4.78, 5) is 26.4. The first-order chi connectivity index (χ1) is 14.5. The normalized spacial score (nSPS) is 17.7. The van der Waals surface area contributed by atoms with Crippen LogP contribution in [-0.2, 0) is 16.0 Å². The summed E-state index contributed by atoms with van der Waals surface area (Å²) in [6.07, 6.45) is 7.42. The molecule has 0 spiro atoms. The number of esters is 1. The fourth-order valence-electron chi connectivity index (χ4n) is 3.24. The predicted octanol–water partition coefficient (Wildman–Crippen LogP) is 3.33. The monoisotopic (exact) mass is 409 g/mol. The summed E-state index contributed by atoms with van der Waals surface area (Å²) in [6, 6.07) is 12.5. The molecule has 1 aliphatic rings. The number of nitriles is 1. The van der Waals surface area contributed by atoms with Crippen molar-refractivity contribution >= 4 is 11.9 Å². The van der Waals surface area contributed by atoms with Crippen LogP contribution in [0.1, 0.15) is 43.2 Å². The number of aryl methyl sites for hydroxylation is 1. The summed E-state index contributed by atoms with van der Waals surface area (Å²) in [5, 5.41) is 16.9. The average molecular weight is 409 g/mol. The second-order valence-electron chi connectivity index (χ2n) is 7.27. The number of hydrogen-bond donors (Lipinski definition) is 2. The lowest BCUT2D eigenvalue weighted by molar-refractivity contribution is -0.140. The number of carboxylic acid groups (broad SMARTS) is 1. The Morgan fingerprint density at radius 1 is 1.17 bits per heavy atom. The van der Waals surface area contributed by atoms with Crippen LogP contribution in [0.25, 0.3) is 0 Å². The minimum absolute atomic E-state index is 0.0329. The first kappa shape index (κ1) is 23.0. The van der Waals surface area contributed by atoms with E-state index in [4.69, 9.17) is 20.8 Å². The first-order valence-electron chi connectivity index (χ1n) is 10.0. The van der Waals surface area contributed by atoms with Gasteiger partial charge in [-0.2, -0.15) is 5.26 Å². The second-order valence-corrected chi connectivity index (χ2v) is 7.27. The lowest BCUT2D eigenvalue weighted by atomic mass is 9.82. The maximum atomic E-state index is 12.1. The number of carboxylic acids is 1. The fourth-order valence-corrected chi connectivity index (χ4v) is 3.24. The molecule has 1 heterocycles. The minimum atomic E-state index is -0.816. The van der Waals surface area contributed by atoms with Gasteiger partial charge < -0.3 is 15.6 Å². The number of pyridine rings is 1. The molecule has 0 unspecified atom stereocenters. The smallest absolute Gasteiger partial charge is 0.314 e. The molecule has 158 valence electrons. The van der Waals surface area contributed by atoms with Gasteiger partial charge in [-0.1, -0.05) is 12.1 Å². The Kier molecular flexibility index (Phi) is 9.49. The molecule has 3 N–H and O–H groups in total. The van der Waals surface area contributed by atoms with Crippen LogP contribution in [0, 0.1) is 23.2 Å². The van der Waals surface area contributed by atoms with Gasteiger partial charge in [-0.25, -0.2) is 0 Å². The van der Waals surface area contributed by atoms with Gasteiger partial charge >= 0.3 is 11.9 Å². The lowest BCUT2D eigenvalue weighted by Gasteiger charge is -2.26. The highest BCUT2D eigenvalue weighted by Crippen LogP contribution is 2.29. The van der Waals surface area contributed by atoms with Gasteiger partial charge in [0.05, 0.1) is 11.5 Å². The van der Waals surface area contributed by atoms with Crippen LogP contribution in [-0.4, -0.2) is 28.6 Å². The highest BCUT2D eigenvalue weighted by atomic mass is 16.5. The summed E-state index contributed by atoms with van der Waals surface area (Å²) in [5.41, 5.74) is 7.18. The van der Waals surface area contributed by atoms with Crippen molar-refractivity contribution < 1.29 is 19.4 Å². The van der Waals surface area contributed by atoms with E-state index >= 15 is 0 Å². The van der Waals surface area contributed by atoms with Crippen molar-refractivity contribution in [3.8, 4) is 11.8 Å². The number of aliphatic carboxylic acids is 1. The number of carbonyl (C=O) groups excluding carboxylic acids is 1. The highest BCUT2D eigenvalue weighted by molar-refractivity contribution is 5.75. The fraction of sp³-hybridized carbons (Fsp3) is 0.391. The molecule has 0 atom stereocenters. The van der Waals surface area contributed by atoms with Crippen molar-refractivity contribution in [1.82, 2.24) is 4.98 Å². The van der Waals surface area contributed by atoms with E-state index in [1.165, 1.54) is 6.20 Å². The molecule has 0 radical (unpaired) electrons. The molecule has 1 aromatic heterocycles. The molecule has 1 aromatic carbocycles. The van der Waals surface area contributed by atoms with Crippen LogP contribution in [0.5, 0.6) is 5.75 Å². The molecule has 1 fully saturated rings. The van der Waals surface area contributed by atoms with E-state index in [0.29, 0.717) is 30.2 Å². The Hall–Kier alpha value is -3.24. The van der Waals surface area contributed by atoms with Crippen LogP contribution in [0.3, 0.4) is 0 Å². The van der Waals surface area contributed by atoms with Crippen molar-refractivity contribution in [2.75, 3.05) is 6.54 Å². The number of nitrogens with zero attached hydrogens (tertiary/aromatic N) is 2. The second kappa shape index (κ2) is 12.3. The third kappa shape index (κ3) is 8.02. The zero-order valence-corrected chi connectivity index (χ0v) is 16.9. The zero-order chi connectivity index (χ0) is 21.8. The number of rotatable bonds is 6. The van der Waals surface area contributed by atoms with Crippen molar-refractivity contribution in [3.63, 3.8) is 0 Å². The van der Waals surface area contributed by atoms with Gasteiger partial charge in [0, 0.05) is 18.8 Å². The molecule has 1 aliphatic carbocycles.